The first kappa shape index (κ1) is 23.3. The first-order valence-electron chi connectivity index (χ1n) is 12.0. The first-order chi connectivity index (χ1) is 15.8. The van der Waals surface area contributed by atoms with Crippen LogP contribution in [0.3, 0.4) is 0 Å². The average Bonchev–Trinajstić information content (AvgIpc) is 2.82. The monoisotopic (exact) mass is 453 g/mol. The summed E-state index contributed by atoms with van der Waals surface area (Å²) in [4.78, 5) is 42.5. The second kappa shape index (κ2) is 9.55. The number of nitrogens with one attached hydrogen (secondary N) is 1. The number of primary amides is 1. The lowest BCUT2D eigenvalue weighted by atomic mass is 9.83. The van der Waals surface area contributed by atoms with Gasteiger partial charge in [-0.2, -0.15) is 0 Å². The van der Waals surface area contributed by atoms with E-state index in [1.807, 2.05) is 18.2 Å². The predicted octanol–water partition coefficient (Wildman–Crippen LogP) is 3.00. The van der Waals surface area contributed by atoms with Gasteiger partial charge in [-0.3, -0.25) is 14.5 Å². The van der Waals surface area contributed by atoms with Gasteiger partial charge in [-0.25, -0.2) is 4.79 Å². The minimum atomic E-state index is -0.658. The van der Waals surface area contributed by atoms with Crippen molar-refractivity contribution in [3.63, 3.8) is 0 Å². The number of anilines is 1. The summed E-state index contributed by atoms with van der Waals surface area (Å²) in [5.74, 6) is 0.0161. The third kappa shape index (κ3) is 4.62. The number of nitrogens with two attached hydrogens (primary N) is 1. The number of carbonyl (C=O) groups excluding carboxylic acids is 2. The van der Waals surface area contributed by atoms with Crippen LogP contribution in [0.15, 0.2) is 35.3 Å². The van der Waals surface area contributed by atoms with Gasteiger partial charge in [0.2, 0.25) is 5.91 Å². The minimum Gasteiger partial charge on any atom is -0.368 e. The summed E-state index contributed by atoms with van der Waals surface area (Å²) >= 11 is 0. The summed E-state index contributed by atoms with van der Waals surface area (Å²) < 4.78 is 1.67. The zero-order valence-electron chi connectivity index (χ0n) is 19.7. The Labute approximate surface area is 194 Å². The third-order valence-corrected chi connectivity index (χ3v) is 7.09. The molecule has 0 radical (unpaired) electrons. The number of benzene rings is 1. The zero-order chi connectivity index (χ0) is 23.6. The summed E-state index contributed by atoms with van der Waals surface area (Å²) in [7, 11) is 0. The van der Waals surface area contributed by atoms with Crippen LogP contribution in [-0.2, 0) is 11.3 Å². The molecular formula is C25H35N5O3. The molecular weight excluding hydrogens is 418 g/mol. The Morgan fingerprint density at radius 3 is 2.27 bits per heavy atom. The summed E-state index contributed by atoms with van der Waals surface area (Å²) in [6.07, 6.45) is 6.18. The van der Waals surface area contributed by atoms with E-state index in [-0.39, 0.29) is 17.5 Å². The molecule has 2 saturated heterocycles. The van der Waals surface area contributed by atoms with Crippen molar-refractivity contribution in [3.8, 4) is 0 Å². The molecule has 3 heterocycles. The predicted molar refractivity (Wildman–Crippen MR) is 130 cm³/mol. The van der Waals surface area contributed by atoms with E-state index >= 15 is 0 Å². The molecule has 3 N–H and O–H groups in total. The summed E-state index contributed by atoms with van der Waals surface area (Å²) in [6.45, 7) is 7.40. The highest BCUT2D eigenvalue weighted by molar-refractivity contribution is 6.01. The number of fused-ring (bicyclic) bond motifs is 1. The molecule has 4 rings (SSSR count). The van der Waals surface area contributed by atoms with Crippen molar-refractivity contribution in [2.45, 2.75) is 58.0 Å². The van der Waals surface area contributed by atoms with Crippen LogP contribution < -0.4 is 16.6 Å². The number of pyridine rings is 1. The maximum Gasteiger partial charge on any atom is 0.321 e. The van der Waals surface area contributed by atoms with E-state index in [1.54, 1.807) is 21.7 Å². The van der Waals surface area contributed by atoms with E-state index in [1.165, 1.54) is 6.42 Å². The van der Waals surface area contributed by atoms with Gasteiger partial charge in [0.05, 0.1) is 5.69 Å². The maximum atomic E-state index is 13.2. The Balaban J connectivity index is 1.53. The molecule has 0 spiro atoms. The molecule has 0 atom stereocenters. The minimum absolute atomic E-state index is 0.0527. The van der Waals surface area contributed by atoms with Gasteiger partial charge < -0.3 is 20.5 Å². The van der Waals surface area contributed by atoms with Gasteiger partial charge in [0.1, 0.15) is 5.54 Å². The molecule has 33 heavy (non-hydrogen) atoms. The number of carbonyl (C=O) groups is 2. The number of rotatable bonds is 5. The fourth-order valence-electron chi connectivity index (χ4n) is 5.29. The molecule has 178 valence electrons. The Morgan fingerprint density at radius 1 is 1.03 bits per heavy atom. The van der Waals surface area contributed by atoms with E-state index in [4.69, 9.17) is 5.73 Å². The number of nitrogens with zero attached hydrogens (tertiary/aromatic N) is 3. The normalized spacial score (nSPS) is 19.1. The van der Waals surface area contributed by atoms with Crippen molar-refractivity contribution in [2.75, 3.05) is 31.5 Å². The van der Waals surface area contributed by atoms with Crippen molar-refractivity contribution in [1.82, 2.24) is 14.4 Å². The number of likely N-dealkylation sites (tertiary alicyclic amines) is 2. The average molecular weight is 454 g/mol. The number of hydrogen-bond donors (Lipinski definition) is 2. The zero-order valence-corrected chi connectivity index (χ0v) is 19.7. The Morgan fingerprint density at radius 2 is 1.67 bits per heavy atom. The van der Waals surface area contributed by atoms with Gasteiger partial charge >= 0.3 is 6.03 Å². The van der Waals surface area contributed by atoms with E-state index in [0.29, 0.717) is 49.5 Å². The largest absolute Gasteiger partial charge is 0.368 e. The van der Waals surface area contributed by atoms with Crippen molar-refractivity contribution < 1.29 is 9.59 Å². The van der Waals surface area contributed by atoms with Crippen LogP contribution in [0.4, 0.5) is 10.5 Å². The molecule has 2 aliphatic rings. The molecule has 8 heteroatoms. The van der Waals surface area contributed by atoms with Gasteiger partial charge in [0.25, 0.3) is 5.56 Å². The number of aromatic nitrogens is 1. The number of urea groups is 1. The first-order valence-corrected chi connectivity index (χ1v) is 12.0. The second-order valence-electron chi connectivity index (χ2n) is 9.80. The smallest absolute Gasteiger partial charge is 0.321 e. The van der Waals surface area contributed by atoms with Crippen LogP contribution in [0.1, 0.15) is 46.0 Å². The van der Waals surface area contributed by atoms with Gasteiger partial charge in [0.15, 0.2) is 0 Å². The van der Waals surface area contributed by atoms with Crippen molar-refractivity contribution in [2.24, 2.45) is 11.7 Å². The molecule has 3 amide bonds. The quantitative estimate of drug-likeness (QED) is 0.727. The fraction of sp³-hybridized carbons (Fsp3) is 0.560. The van der Waals surface area contributed by atoms with E-state index in [0.717, 1.165) is 31.3 Å². The molecule has 0 bridgehead atoms. The number of piperidine rings is 2. The maximum absolute atomic E-state index is 13.2. The van der Waals surface area contributed by atoms with Crippen LogP contribution >= 0.6 is 0 Å². The SMILES string of the molecule is CC(C)Cn1cc(NC(=O)N2CCC(C(N)=O)(N3CCCCC3)CC2)c2ccccc2c1=O. The number of amides is 3. The molecule has 2 fully saturated rings. The van der Waals surface area contributed by atoms with Gasteiger partial charge in [0, 0.05) is 36.6 Å². The topological polar surface area (TPSA) is 101 Å². The molecule has 0 saturated carbocycles. The molecule has 2 aromatic rings. The van der Waals surface area contributed by atoms with Crippen LogP contribution in [0.2, 0.25) is 0 Å². The summed E-state index contributed by atoms with van der Waals surface area (Å²) in [5.41, 5.74) is 5.79. The summed E-state index contributed by atoms with van der Waals surface area (Å²) in [5, 5.41) is 4.35. The summed E-state index contributed by atoms with van der Waals surface area (Å²) in [6, 6.07) is 7.14. The Hall–Kier alpha value is -2.87. The standard InChI is InChI=1S/C25H35N5O3/c1-18(2)16-29-17-21(19-8-4-5-9-20(19)22(29)31)27-24(33)28-14-10-25(11-15-28,23(26)32)30-12-6-3-7-13-30/h4-5,8-9,17-18H,3,6-7,10-16H2,1-2H3,(H2,26,32)(H,27,33). The van der Waals surface area contributed by atoms with E-state index in [2.05, 4.69) is 24.1 Å². The van der Waals surface area contributed by atoms with Crippen LogP contribution in [0.25, 0.3) is 10.8 Å². The Kier molecular flexibility index (Phi) is 6.74. The van der Waals surface area contributed by atoms with Gasteiger partial charge in [-0.05, 0) is 50.8 Å². The van der Waals surface area contributed by atoms with E-state index < -0.39 is 5.54 Å². The highest BCUT2D eigenvalue weighted by Gasteiger charge is 2.45. The van der Waals surface area contributed by atoms with Crippen molar-refractivity contribution in [1.29, 1.82) is 0 Å². The molecule has 8 nitrogen and oxygen atoms in total. The van der Waals surface area contributed by atoms with Crippen LogP contribution in [0.5, 0.6) is 0 Å². The van der Waals surface area contributed by atoms with Crippen LogP contribution in [0, 0.1) is 5.92 Å². The molecule has 1 aromatic heterocycles. The molecule has 1 aromatic carbocycles. The third-order valence-electron chi connectivity index (χ3n) is 7.09. The molecule has 0 unspecified atom stereocenters. The molecule has 0 aliphatic carbocycles. The van der Waals surface area contributed by atoms with Crippen molar-refractivity contribution in [3.05, 3.63) is 40.8 Å². The highest BCUT2D eigenvalue weighted by atomic mass is 16.2. The highest BCUT2D eigenvalue weighted by Crippen LogP contribution is 2.32. The van der Waals surface area contributed by atoms with Gasteiger partial charge in [-0.1, -0.05) is 38.5 Å². The lowest BCUT2D eigenvalue weighted by Crippen LogP contribution is -2.64. The van der Waals surface area contributed by atoms with E-state index in [9.17, 15) is 14.4 Å². The van der Waals surface area contributed by atoms with Crippen LogP contribution in [-0.4, -0.2) is 58.0 Å². The molecule has 2 aliphatic heterocycles. The fourth-order valence-corrected chi connectivity index (χ4v) is 5.29. The second-order valence-corrected chi connectivity index (χ2v) is 9.80. The number of hydrogen-bond acceptors (Lipinski definition) is 4. The van der Waals surface area contributed by atoms with Crippen molar-refractivity contribution >= 4 is 28.4 Å². The lowest BCUT2D eigenvalue weighted by molar-refractivity contribution is -0.134. The lowest BCUT2D eigenvalue weighted by Gasteiger charge is -2.48. The van der Waals surface area contributed by atoms with Gasteiger partial charge in [-0.15, -0.1) is 0 Å². The Bertz CT molecular complexity index is 1080.